The molecule has 0 aromatic rings. The van der Waals surface area contributed by atoms with Gasteiger partial charge in [-0.25, -0.2) is 0 Å². The Morgan fingerprint density at radius 1 is 0.545 bits per heavy atom. The van der Waals surface area contributed by atoms with Crippen molar-refractivity contribution in [1.29, 1.82) is 0 Å². The number of aliphatic hydroxyl groups is 1. The zero-order valence-corrected chi connectivity index (χ0v) is 17.2. The highest BCUT2D eigenvalue weighted by Gasteiger charge is 2.23. The standard InChI is InChI=1S/C19H42NO.BrH/c1-4-15-20(16-5-2,17-6-3)18-13-11-9-7-8-10-12-14-19-21;/h21H,4-19H2,1-3H3;1H/q+1;/p-1. The molecule has 0 bridgehead atoms. The van der Waals surface area contributed by atoms with E-state index >= 15 is 0 Å². The van der Waals surface area contributed by atoms with Crippen molar-refractivity contribution in [1.82, 2.24) is 0 Å². The molecular formula is C19H42BrNO. The van der Waals surface area contributed by atoms with E-state index in [-0.39, 0.29) is 17.0 Å². The molecule has 0 saturated heterocycles. The number of quaternary nitrogens is 1. The van der Waals surface area contributed by atoms with E-state index in [1.165, 1.54) is 94.9 Å². The number of hydrogen-bond acceptors (Lipinski definition) is 1. The molecule has 0 fully saturated rings. The maximum Gasteiger partial charge on any atom is 0.0786 e. The van der Waals surface area contributed by atoms with Crippen LogP contribution >= 0.6 is 0 Å². The third-order valence-electron chi connectivity index (χ3n) is 4.63. The molecule has 0 aliphatic heterocycles. The molecule has 0 aromatic carbocycles. The number of halogens is 1. The molecule has 0 saturated carbocycles. The summed E-state index contributed by atoms with van der Waals surface area (Å²) in [7, 11) is 0. The number of aliphatic hydroxyl groups excluding tert-OH is 1. The highest BCUT2D eigenvalue weighted by Crippen LogP contribution is 2.16. The Morgan fingerprint density at radius 2 is 0.909 bits per heavy atom. The van der Waals surface area contributed by atoms with Crippen molar-refractivity contribution in [2.75, 3.05) is 32.8 Å². The Bertz CT molecular complexity index is 195. The van der Waals surface area contributed by atoms with Gasteiger partial charge in [0, 0.05) is 6.61 Å². The van der Waals surface area contributed by atoms with Crippen LogP contribution in [0.15, 0.2) is 0 Å². The predicted octanol–water partition coefficient (Wildman–Crippen LogP) is 2.15. The van der Waals surface area contributed by atoms with Gasteiger partial charge < -0.3 is 26.6 Å². The summed E-state index contributed by atoms with van der Waals surface area (Å²) in [5, 5.41) is 8.74. The maximum atomic E-state index is 8.74. The zero-order chi connectivity index (χ0) is 15.8. The van der Waals surface area contributed by atoms with Crippen molar-refractivity contribution in [2.45, 2.75) is 91.4 Å². The average Bonchev–Trinajstić information content (AvgIpc) is 2.46. The second-order valence-corrected chi connectivity index (χ2v) is 6.79. The van der Waals surface area contributed by atoms with Crippen LogP contribution in [-0.2, 0) is 0 Å². The molecule has 0 rings (SSSR count). The topological polar surface area (TPSA) is 20.2 Å². The Labute approximate surface area is 151 Å². The fourth-order valence-corrected chi connectivity index (χ4v) is 3.71. The fraction of sp³-hybridized carbons (Fsp3) is 1.00. The number of hydrogen-bond donors (Lipinski definition) is 1. The number of rotatable bonds is 16. The third kappa shape index (κ3) is 12.9. The molecule has 0 spiro atoms. The molecule has 1 N–H and O–H groups in total. The van der Waals surface area contributed by atoms with Gasteiger partial charge in [-0.1, -0.05) is 52.9 Å². The summed E-state index contributed by atoms with van der Waals surface area (Å²) in [6.45, 7) is 12.9. The lowest BCUT2D eigenvalue weighted by atomic mass is 10.1. The Morgan fingerprint density at radius 3 is 1.27 bits per heavy atom. The van der Waals surface area contributed by atoms with Gasteiger partial charge in [0.05, 0.1) is 26.2 Å². The first-order valence-electron chi connectivity index (χ1n) is 9.70. The maximum absolute atomic E-state index is 8.74. The lowest BCUT2D eigenvalue weighted by Crippen LogP contribution is -3.00. The first-order valence-corrected chi connectivity index (χ1v) is 9.70. The summed E-state index contributed by atoms with van der Waals surface area (Å²) in [5.74, 6) is 0. The van der Waals surface area contributed by atoms with E-state index in [0.29, 0.717) is 6.61 Å². The minimum atomic E-state index is 0. The first-order chi connectivity index (χ1) is 10.2. The van der Waals surface area contributed by atoms with Crippen LogP contribution < -0.4 is 17.0 Å². The summed E-state index contributed by atoms with van der Waals surface area (Å²) in [5.41, 5.74) is 0. The molecule has 0 heterocycles. The summed E-state index contributed by atoms with van der Waals surface area (Å²) in [6, 6.07) is 0. The second kappa shape index (κ2) is 17.7. The quantitative estimate of drug-likeness (QED) is 0.321. The summed E-state index contributed by atoms with van der Waals surface area (Å²) < 4.78 is 1.38. The van der Waals surface area contributed by atoms with E-state index < -0.39 is 0 Å². The summed E-state index contributed by atoms with van der Waals surface area (Å²) in [4.78, 5) is 0. The van der Waals surface area contributed by atoms with Gasteiger partial charge in [-0.2, -0.15) is 0 Å². The molecule has 2 nitrogen and oxygen atoms in total. The smallest absolute Gasteiger partial charge is 0.0786 e. The van der Waals surface area contributed by atoms with Gasteiger partial charge in [0.1, 0.15) is 0 Å². The minimum Gasteiger partial charge on any atom is -1.00 e. The van der Waals surface area contributed by atoms with Crippen LogP contribution in [0.3, 0.4) is 0 Å². The molecule has 0 amide bonds. The zero-order valence-electron chi connectivity index (χ0n) is 15.6. The predicted molar refractivity (Wildman–Crippen MR) is 94.6 cm³/mol. The highest BCUT2D eigenvalue weighted by molar-refractivity contribution is 4.50. The van der Waals surface area contributed by atoms with Crippen molar-refractivity contribution in [3.05, 3.63) is 0 Å². The van der Waals surface area contributed by atoms with Crippen LogP contribution in [0.25, 0.3) is 0 Å². The van der Waals surface area contributed by atoms with Crippen molar-refractivity contribution in [3.63, 3.8) is 0 Å². The normalized spacial score (nSPS) is 11.5. The molecule has 0 radical (unpaired) electrons. The van der Waals surface area contributed by atoms with E-state index in [4.69, 9.17) is 5.11 Å². The van der Waals surface area contributed by atoms with Crippen LogP contribution in [0.5, 0.6) is 0 Å². The molecule has 22 heavy (non-hydrogen) atoms. The van der Waals surface area contributed by atoms with E-state index in [0.717, 1.165) is 6.42 Å². The van der Waals surface area contributed by atoms with Gasteiger partial charge in [-0.05, 0) is 38.5 Å². The Balaban J connectivity index is 0. The largest absolute Gasteiger partial charge is 1.00 e. The van der Waals surface area contributed by atoms with Crippen molar-refractivity contribution >= 4 is 0 Å². The molecular weight excluding hydrogens is 338 g/mol. The summed E-state index contributed by atoms with van der Waals surface area (Å²) >= 11 is 0. The van der Waals surface area contributed by atoms with Crippen LogP contribution in [0.2, 0.25) is 0 Å². The summed E-state index contributed by atoms with van der Waals surface area (Å²) in [6.07, 6.45) is 14.5. The number of unbranched alkanes of at least 4 members (excludes halogenated alkanes) is 7. The highest BCUT2D eigenvalue weighted by atomic mass is 79.9. The second-order valence-electron chi connectivity index (χ2n) is 6.79. The lowest BCUT2D eigenvalue weighted by molar-refractivity contribution is -0.928. The van der Waals surface area contributed by atoms with E-state index in [2.05, 4.69) is 20.8 Å². The average molecular weight is 380 g/mol. The molecule has 0 aliphatic rings. The van der Waals surface area contributed by atoms with Gasteiger partial charge in [0.15, 0.2) is 0 Å². The molecule has 0 aromatic heterocycles. The van der Waals surface area contributed by atoms with Crippen LogP contribution in [0, 0.1) is 0 Å². The van der Waals surface area contributed by atoms with Crippen LogP contribution in [0.1, 0.15) is 91.4 Å². The van der Waals surface area contributed by atoms with Crippen LogP contribution in [0.4, 0.5) is 0 Å². The number of nitrogens with zero attached hydrogens (tertiary/aromatic N) is 1. The van der Waals surface area contributed by atoms with E-state index in [1.807, 2.05) is 0 Å². The van der Waals surface area contributed by atoms with E-state index in [1.54, 1.807) is 0 Å². The van der Waals surface area contributed by atoms with E-state index in [9.17, 15) is 0 Å². The molecule has 0 aliphatic carbocycles. The molecule has 3 heteroatoms. The first kappa shape index (κ1) is 24.6. The van der Waals surface area contributed by atoms with Crippen LogP contribution in [-0.4, -0.2) is 42.4 Å². The van der Waals surface area contributed by atoms with Crippen molar-refractivity contribution in [3.8, 4) is 0 Å². The van der Waals surface area contributed by atoms with Gasteiger partial charge in [0.2, 0.25) is 0 Å². The third-order valence-corrected chi connectivity index (χ3v) is 4.63. The van der Waals surface area contributed by atoms with Crippen molar-refractivity contribution < 1.29 is 26.6 Å². The van der Waals surface area contributed by atoms with Gasteiger partial charge in [-0.3, -0.25) is 0 Å². The van der Waals surface area contributed by atoms with Gasteiger partial charge in [0.25, 0.3) is 0 Å². The molecule has 136 valence electrons. The molecule has 0 unspecified atom stereocenters. The molecule has 0 atom stereocenters. The van der Waals surface area contributed by atoms with Crippen molar-refractivity contribution in [2.24, 2.45) is 0 Å². The Hall–Kier alpha value is 0.400. The SMILES string of the molecule is CCC[N+](CCC)(CCC)CCCCCCCCCCO.[Br-]. The van der Waals surface area contributed by atoms with Gasteiger partial charge >= 0.3 is 0 Å². The lowest BCUT2D eigenvalue weighted by Gasteiger charge is -2.38. The monoisotopic (exact) mass is 379 g/mol. The van der Waals surface area contributed by atoms with Gasteiger partial charge in [-0.15, -0.1) is 0 Å². The minimum absolute atomic E-state index is 0. The fourth-order valence-electron chi connectivity index (χ4n) is 3.71. The Kier molecular flexibility index (Phi) is 19.9.